The van der Waals surface area contributed by atoms with Crippen LogP contribution in [-0.4, -0.2) is 4.98 Å². The number of nitrogens with zero attached hydrogens (tertiary/aromatic N) is 3. The quantitative estimate of drug-likeness (QED) is 0.656. The fraction of sp³-hybridized carbons (Fsp3) is 0. The van der Waals surface area contributed by atoms with Gasteiger partial charge in [-0.15, -0.1) is 5.11 Å². The highest BCUT2D eigenvalue weighted by molar-refractivity contribution is 5.37. The molecule has 0 spiro atoms. The summed E-state index contributed by atoms with van der Waals surface area (Å²) in [6.45, 7) is 0. The van der Waals surface area contributed by atoms with E-state index in [-0.39, 0.29) is 0 Å². The molecule has 1 aromatic carbocycles. The number of azo groups is 1. The third-order valence-corrected chi connectivity index (χ3v) is 1.68. The molecule has 0 aliphatic carbocycles. The molecule has 3 heteroatoms. The van der Waals surface area contributed by atoms with E-state index in [1.807, 2.05) is 42.5 Å². The minimum Gasteiger partial charge on any atom is -0.262 e. The Balaban J connectivity index is 2.16. The van der Waals surface area contributed by atoms with Crippen molar-refractivity contribution in [3.63, 3.8) is 0 Å². The molecule has 0 aliphatic heterocycles. The normalized spacial score (nSPS) is 10.6. The molecule has 3 nitrogen and oxygen atoms in total. The third-order valence-electron chi connectivity index (χ3n) is 1.68. The lowest BCUT2D eigenvalue weighted by Crippen LogP contribution is -1.66. The summed E-state index contributed by atoms with van der Waals surface area (Å²) < 4.78 is 0. The molecule has 1 heterocycles. The van der Waals surface area contributed by atoms with Crippen LogP contribution in [0.1, 0.15) is 0 Å². The monoisotopic (exact) mass is 183 g/mol. The van der Waals surface area contributed by atoms with E-state index in [0.29, 0.717) is 0 Å². The van der Waals surface area contributed by atoms with Gasteiger partial charge in [0, 0.05) is 6.20 Å². The second kappa shape index (κ2) is 4.28. The van der Waals surface area contributed by atoms with E-state index in [1.165, 1.54) is 0 Å². The molecule has 0 bridgehead atoms. The number of hydrogen-bond acceptors (Lipinski definition) is 3. The molecular formula is C11H9N3. The van der Waals surface area contributed by atoms with E-state index >= 15 is 0 Å². The summed E-state index contributed by atoms with van der Waals surface area (Å²) in [5.41, 5.74) is 1.60. The number of benzene rings is 1. The van der Waals surface area contributed by atoms with Gasteiger partial charge >= 0.3 is 0 Å². The van der Waals surface area contributed by atoms with Gasteiger partial charge in [-0.1, -0.05) is 18.2 Å². The van der Waals surface area contributed by atoms with Gasteiger partial charge in [-0.25, -0.2) is 0 Å². The summed E-state index contributed by atoms with van der Waals surface area (Å²) in [5, 5.41) is 8.10. The second-order valence-corrected chi connectivity index (χ2v) is 2.75. The Hall–Kier alpha value is -2.03. The molecule has 0 unspecified atom stereocenters. The summed E-state index contributed by atoms with van der Waals surface area (Å²) in [5.74, 6) is 0. The van der Waals surface area contributed by atoms with E-state index in [1.54, 1.807) is 12.4 Å². The van der Waals surface area contributed by atoms with Gasteiger partial charge in [0.25, 0.3) is 0 Å². The average Bonchev–Trinajstić information content (AvgIpc) is 2.29. The summed E-state index contributed by atoms with van der Waals surface area (Å²) in [4.78, 5) is 3.94. The molecule has 2 rings (SSSR count). The summed E-state index contributed by atoms with van der Waals surface area (Å²) in [7, 11) is 0. The van der Waals surface area contributed by atoms with Crippen LogP contribution < -0.4 is 0 Å². The van der Waals surface area contributed by atoms with Gasteiger partial charge < -0.3 is 0 Å². The largest absolute Gasteiger partial charge is 0.262 e. The van der Waals surface area contributed by atoms with Crippen LogP contribution in [0.4, 0.5) is 11.4 Å². The first kappa shape index (κ1) is 8.56. The highest BCUT2D eigenvalue weighted by Crippen LogP contribution is 2.15. The fourth-order valence-electron chi connectivity index (χ4n) is 1.02. The zero-order valence-electron chi connectivity index (χ0n) is 7.54. The number of pyridine rings is 1. The van der Waals surface area contributed by atoms with E-state index < -0.39 is 0 Å². The molecule has 0 N–H and O–H groups in total. The molecule has 0 saturated carbocycles. The minimum atomic E-state index is 0.761. The maximum atomic E-state index is 4.06. The molecule has 0 saturated heterocycles. The Morgan fingerprint density at radius 1 is 0.786 bits per heavy atom. The van der Waals surface area contributed by atoms with Gasteiger partial charge in [0.05, 0.1) is 11.9 Å². The van der Waals surface area contributed by atoms with Gasteiger partial charge in [-0.2, -0.15) is 5.11 Å². The Morgan fingerprint density at radius 3 is 2.21 bits per heavy atom. The number of aromatic nitrogens is 1. The first-order chi connectivity index (χ1) is 6.95. The van der Waals surface area contributed by atoms with Crippen molar-refractivity contribution in [3.8, 4) is 0 Å². The Bertz CT molecular complexity index is 368. The van der Waals surface area contributed by atoms with E-state index in [0.717, 1.165) is 11.4 Å². The maximum absolute atomic E-state index is 4.06. The number of rotatable bonds is 2. The van der Waals surface area contributed by atoms with Gasteiger partial charge in [0.15, 0.2) is 0 Å². The molecule has 0 aliphatic rings. The van der Waals surface area contributed by atoms with E-state index in [2.05, 4.69) is 15.2 Å². The topological polar surface area (TPSA) is 37.6 Å². The molecule has 2 aromatic rings. The van der Waals surface area contributed by atoms with Crippen LogP contribution in [0, 0.1) is 0 Å². The van der Waals surface area contributed by atoms with Crippen molar-refractivity contribution >= 4 is 11.4 Å². The predicted molar refractivity (Wildman–Crippen MR) is 54.9 cm³/mol. The average molecular weight is 183 g/mol. The standard InChI is InChI=1S/C11H9N3/c1-2-5-10(6-3-1)13-14-11-7-4-8-12-9-11/h1-9H/b14-13+. The maximum Gasteiger partial charge on any atom is 0.104 e. The zero-order valence-corrected chi connectivity index (χ0v) is 7.54. The first-order valence-corrected chi connectivity index (χ1v) is 4.32. The fourth-order valence-corrected chi connectivity index (χ4v) is 1.02. The van der Waals surface area contributed by atoms with Gasteiger partial charge in [-0.3, -0.25) is 4.98 Å². The van der Waals surface area contributed by atoms with Crippen LogP contribution >= 0.6 is 0 Å². The van der Waals surface area contributed by atoms with Gasteiger partial charge in [-0.05, 0) is 24.3 Å². The highest BCUT2D eigenvalue weighted by Gasteiger charge is 1.87. The molecule has 0 fully saturated rings. The van der Waals surface area contributed by atoms with Crippen LogP contribution in [0.15, 0.2) is 65.1 Å². The molecule has 14 heavy (non-hydrogen) atoms. The zero-order chi connectivity index (χ0) is 9.64. The Morgan fingerprint density at radius 2 is 1.50 bits per heavy atom. The van der Waals surface area contributed by atoms with Crippen molar-refractivity contribution < 1.29 is 0 Å². The van der Waals surface area contributed by atoms with Crippen LogP contribution in [-0.2, 0) is 0 Å². The summed E-state index contributed by atoms with van der Waals surface area (Å²) in [6, 6.07) is 13.3. The van der Waals surface area contributed by atoms with Gasteiger partial charge in [0.2, 0.25) is 0 Å². The van der Waals surface area contributed by atoms with Crippen LogP contribution in [0.25, 0.3) is 0 Å². The van der Waals surface area contributed by atoms with Crippen molar-refractivity contribution in [2.75, 3.05) is 0 Å². The van der Waals surface area contributed by atoms with Crippen LogP contribution in [0.5, 0.6) is 0 Å². The summed E-state index contributed by atoms with van der Waals surface area (Å²) >= 11 is 0. The van der Waals surface area contributed by atoms with Gasteiger partial charge in [0.1, 0.15) is 5.69 Å². The van der Waals surface area contributed by atoms with E-state index in [9.17, 15) is 0 Å². The Labute approximate surface area is 82.2 Å². The third kappa shape index (κ3) is 2.23. The smallest absolute Gasteiger partial charge is 0.104 e. The molecule has 0 radical (unpaired) electrons. The lowest BCUT2D eigenvalue weighted by atomic mass is 10.3. The van der Waals surface area contributed by atoms with Crippen LogP contribution in [0.3, 0.4) is 0 Å². The molecular weight excluding hydrogens is 174 g/mol. The lowest BCUT2D eigenvalue weighted by Gasteiger charge is -1.90. The predicted octanol–water partition coefficient (Wildman–Crippen LogP) is 3.50. The van der Waals surface area contributed by atoms with Crippen LogP contribution in [0.2, 0.25) is 0 Å². The van der Waals surface area contributed by atoms with Crippen molar-refractivity contribution in [2.45, 2.75) is 0 Å². The van der Waals surface area contributed by atoms with Crippen molar-refractivity contribution in [2.24, 2.45) is 10.2 Å². The van der Waals surface area contributed by atoms with E-state index in [4.69, 9.17) is 0 Å². The number of hydrogen-bond donors (Lipinski definition) is 0. The molecule has 0 amide bonds. The lowest BCUT2D eigenvalue weighted by molar-refractivity contribution is 1.20. The minimum absolute atomic E-state index is 0.761. The highest BCUT2D eigenvalue weighted by atomic mass is 15.1. The SMILES string of the molecule is c1ccc(/N=N/c2cccnc2)cc1. The first-order valence-electron chi connectivity index (χ1n) is 4.32. The molecule has 68 valence electrons. The van der Waals surface area contributed by atoms with Crippen molar-refractivity contribution in [3.05, 3.63) is 54.9 Å². The molecule has 1 aromatic heterocycles. The second-order valence-electron chi connectivity index (χ2n) is 2.75. The Kier molecular flexibility index (Phi) is 2.62. The van der Waals surface area contributed by atoms with Crippen molar-refractivity contribution in [1.82, 2.24) is 4.98 Å². The molecule has 0 atom stereocenters. The summed E-state index contributed by atoms with van der Waals surface area (Å²) in [6.07, 6.45) is 3.38. The van der Waals surface area contributed by atoms with Crippen molar-refractivity contribution in [1.29, 1.82) is 0 Å².